The van der Waals surface area contributed by atoms with E-state index < -0.39 is 11.9 Å². The summed E-state index contributed by atoms with van der Waals surface area (Å²) in [5.74, 6) is -0.948. The highest BCUT2D eigenvalue weighted by atomic mass is 35.5. The fourth-order valence-electron chi connectivity index (χ4n) is 2.28. The van der Waals surface area contributed by atoms with Crippen LogP contribution in [0.15, 0.2) is 18.2 Å². The Morgan fingerprint density at radius 2 is 2.10 bits per heavy atom. The first-order valence-corrected chi connectivity index (χ1v) is 7.60. The fraction of sp³-hybridized carbons (Fsp3) is 0.533. The first-order valence-electron chi connectivity index (χ1n) is 6.84. The monoisotopic (exact) mass is 317 g/mol. The molecule has 0 bridgehead atoms. The first-order chi connectivity index (χ1) is 9.47. The summed E-state index contributed by atoms with van der Waals surface area (Å²) in [5.41, 5.74) is 6.52. The van der Waals surface area contributed by atoms with Gasteiger partial charge in [0.2, 0.25) is 0 Å². The summed E-state index contributed by atoms with van der Waals surface area (Å²) in [6, 6.07) is 5.42. The van der Waals surface area contributed by atoms with Crippen molar-refractivity contribution in [3.63, 3.8) is 0 Å². The number of carboxylic acids is 1. The van der Waals surface area contributed by atoms with Crippen LogP contribution in [-0.4, -0.2) is 17.6 Å². The van der Waals surface area contributed by atoms with Gasteiger partial charge in [0.25, 0.3) is 0 Å². The van der Waals surface area contributed by atoms with Gasteiger partial charge in [-0.2, -0.15) is 0 Å². The van der Waals surface area contributed by atoms with Crippen LogP contribution >= 0.6 is 23.2 Å². The molecule has 5 heteroatoms. The van der Waals surface area contributed by atoms with Crippen LogP contribution in [0, 0.1) is 11.8 Å². The van der Waals surface area contributed by atoms with Crippen LogP contribution in [0.5, 0.6) is 0 Å². The minimum Gasteiger partial charge on any atom is -0.481 e. The number of benzene rings is 1. The molecule has 0 heterocycles. The van der Waals surface area contributed by atoms with E-state index in [4.69, 9.17) is 34.0 Å². The van der Waals surface area contributed by atoms with Gasteiger partial charge in [-0.3, -0.25) is 4.79 Å². The molecule has 0 amide bonds. The number of carbonyl (C=O) groups is 1. The normalized spacial score (nSPS) is 14.0. The zero-order valence-corrected chi connectivity index (χ0v) is 13.1. The SMILES string of the molecule is CCC(CCc1cc(Cl)ccc1Cl)CC(CN)C(=O)O. The minimum absolute atomic E-state index is 0.184. The van der Waals surface area contributed by atoms with E-state index in [0.717, 1.165) is 24.8 Å². The van der Waals surface area contributed by atoms with Crippen LogP contribution < -0.4 is 5.73 Å². The van der Waals surface area contributed by atoms with Gasteiger partial charge in [-0.15, -0.1) is 0 Å². The highest BCUT2D eigenvalue weighted by molar-refractivity contribution is 6.33. The summed E-state index contributed by atoms with van der Waals surface area (Å²) >= 11 is 12.1. The van der Waals surface area contributed by atoms with E-state index in [-0.39, 0.29) is 6.54 Å². The van der Waals surface area contributed by atoms with Crippen molar-refractivity contribution in [3.8, 4) is 0 Å². The Labute approximate surface area is 130 Å². The Hall–Kier alpha value is -0.770. The van der Waals surface area contributed by atoms with Gasteiger partial charge in [0, 0.05) is 16.6 Å². The summed E-state index contributed by atoms with van der Waals surface area (Å²) in [7, 11) is 0. The predicted octanol–water partition coefficient (Wildman–Crippen LogP) is 4.00. The molecule has 20 heavy (non-hydrogen) atoms. The minimum atomic E-state index is -0.813. The second-order valence-corrected chi connectivity index (χ2v) is 5.90. The summed E-state index contributed by atoms with van der Waals surface area (Å²) in [4.78, 5) is 11.0. The van der Waals surface area contributed by atoms with Crippen LogP contribution in [-0.2, 0) is 11.2 Å². The highest BCUT2D eigenvalue weighted by Crippen LogP contribution is 2.26. The third kappa shape index (κ3) is 5.31. The molecular weight excluding hydrogens is 297 g/mol. The number of hydrogen-bond donors (Lipinski definition) is 2. The molecule has 0 saturated carbocycles. The molecule has 2 atom stereocenters. The summed E-state index contributed by atoms with van der Waals surface area (Å²) in [6.07, 6.45) is 3.23. The molecule has 1 aromatic rings. The summed E-state index contributed by atoms with van der Waals surface area (Å²) in [5, 5.41) is 10.4. The predicted molar refractivity (Wildman–Crippen MR) is 83.4 cm³/mol. The molecule has 112 valence electrons. The molecule has 0 fully saturated rings. The van der Waals surface area contributed by atoms with Crippen LogP contribution in [0.1, 0.15) is 31.7 Å². The Balaban J connectivity index is 2.60. The second kappa shape index (κ2) is 8.50. The Kier molecular flexibility index (Phi) is 7.35. The molecule has 0 spiro atoms. The van der Waals surface area contributed by atoms with E-state index in [0.29, 0.717) is 22.4 Å². The van der Waals surface area contributed by atoms with E-state index in [1.165, 1.54) is 0 Å². The van der Waals surface area contributed by atoms with Gasteiger partial charge in [0.15, 0.2) is 0 Å². The smallest absolute Gasteiger partial charge is 0.307 e. The largest absolute Gasteiger partial charge is 0.481 e. The number of carboxylic acid groups (broad SMARTS) is 1. The van der Waals surface area contributed by atoms with Crippen molar-refractivity contribution < 1.29 is 9.90 Å². The Morgan fingerprint density at radius 3 is 2.65 bits per heavy atom. The second-order valence-electron chi connectivity index (χ2n) is 5.06. The van der Waals surface area contributed by atoms with Gasteiger partial charge < -0.3 is 10.8 Å². The number of rotatable bonds is 8. The molecule has 0 aromatic heterocycles. The lowest BCUT2D eigenvalue weighted by atomic mass is 9.88. The Morgan fingerprint density at radius 1 is 1.40 bits per heavy atom. The van der Waals surface area contributed by atoms with E-state index in [2.05, 4.69) is 6.92 Å². The molecule has 1 aromatic carbocycles. The maximum atomic E-state index is 11.0. The van der Waals surface area contributed by atoms with Gasteiger partial charge >= 0.3 is 5.97 Å². The average molecular weight is 318 g/mol. The molecule has 0 aliphatic rings. The topological polar surface area (TPSA) is 63.3 Å². The van der Waals surface area contributed by atoms with Crippen LogP contribution in [0.25, 0.3) is 0 Å². The standard InChI is InChI=1S/C15H21Cl2NO2/c1-2-10(7-12(9-18)15(19)20)3-4-11-8-13(16)5-6-14(11)17/h5-6,8,10,12H,2-4,7,9,18H2,1H3,(H,19,20). The summed E-state index contributed by atoms with van der Waals surface area (Å²) < 4.78 is 0. The number of halogens is 2. The lowest BCUT2D eigenvalue weighted by Gasteiger charge is -2.19. The number of hydrogen-bond acceptors (Lipinski definition) is 2. The molecular formula is C15H21Cl2NO2. The van der Waals surface area contributed by atoms with Gasteiger partial charge in [-0.1, -0.05) is 36.5 Å². The maximum absolute atomic E-state index is 11.0. The maximum Gasteiger partial charge on any atom is 0.307 e. The zero-order valence-electron chi connectivity index (χ0n) is 11.6. The van der Waals surface area contributed by atoms with Gasteiger partial charge in [-0.25, -0.2) is 0 Å². The van der Waals surface area contributed by atoms with Crippen LogP contribution in [0.3, 0.4) is 0 Å². The molecule has 1 rings (SSSR count). The highest BCUT2D eigenvalue weighted by Gasteiger charge is 2.20. The molecule has 0 aliphatic heterocycles. The zero-order chi connectivity index (χ0) is 15.1. The van der Waals surface area contributed by atoms with E-state index in [1.54, 1.807) is 12.1 Å². The summed E-state index contributed by atoms with van der Waals surface area (Å²) in [6.45, 7) is 2.25. The van der Waals surface area contributed by atoms with Crippen LogP contribution in [0.2, 0.25) is 10.0 Å². The third-order valence-corrected chi connectivity index (χ3v) is 4.26. The number of aryl methyl sites for hydroxylation is 1. The van der Waals surface area contributed by atoms with E-state index >= 15 is 0 Å². The number of nitrogens with two attached hydrogens (primary N) is 1. The third-order valence-electron chi connectivity index (χ3n) is 3.66. The quantitative estimate of drug-likeness (QED) is 0.761. The average Bonchev–Trinajstić information content (AvgIpc) is 2.42. The van der Waals surface area contributed by atoms with Gasteiger partial charge in [-0.05, 0) is 48.9 Å². The van der Waals surface area contributed by atoms with Crippen molar-refractivity contribution in [3.05, 3.63) is 33.8 Å². The van der Waals surface area contributed by atoms with Crippen molar-refractivity contribution in [1.82, 2.24) is 0 Å². The van der Waals surface area contributed by atoms with Gasteiger partial charge in [0.05, 0.1) is 5.92 Å². The lowest BCUT2D eigenvalue weighted by Crippen LogP contribution is -2.26. The van der Waals surface area contributed by atoms with Crippen molar-refractivity contribution in [2.24, 2.45) is 17.6 Å². The van der Waals surface area contributed by atoms with Crippen molar-refractivity contribution >= 4 is 29.2 Å². The lowest BCUT2D eigenvalue weighted by molar-refractivity contribution is -0.142. The van der Waals surface area contributed by atoms with Crippen LogP contribution in [0.4, 0.5) is 0 Å². The van der Waals surface area contributed by atoms with E-state index in [9.17, 15) is 4.79 Å². The van der Waals surface area contributed by atoms with Crippen molar-refractivity contribution in [1.29, 1.82) is 0 Å². The molecule has 0 radical (unpaired) electrons. The molecule has 0 aliphatic carbocycles. The van der Waals surface area contributed by atoms with Crippen molar-refractivity contribution in [2.75, 3.05) is 6.54 Å². The van der Waals surface area contributed by atoms with Gasteiger partial charge in [0.1, 0.15) is 0 Å². The number of aliphatic carboxylic acids is 1. The first kappa shape index (κ1) is 17.3. The molecule has 0 saturated heterocycles. The Bertz CT molecular complexity index is 451. The molecule has 3 N–H and O–H groups in total. The fourth-order valence-corrected chi connectivity index (χ4v) is 2.69. The van der Waals surface area contributed by atoms with E-state index in [1.807, 2.05) is 6.07 Å². The molecule has 2 unspecified atom stereocenters. The molecule has 3 nitrogen and oxygen atoms in total. The van der Waals surface area contributed by atoms with Crippen molar-refractivity contribution in [2.45, 2.75) is 32.6 Å².